The molecule has 1 aliphatic rings. The lowest BCUT2D eigenvalue weighted by Gasteiger charge is -2.11. The van der Waals surface area contributed by atoms with Crippen molar-refractivity contribution in [1.29, 1.82) is 0 Å². The van der Waals surface area contributed by atoms with Crippen molar-refractivity contribution in [2.24, 2.45) is 11.8 Å². The van der Waals surface area contributed by atoms with E-state index < -0.39 is 0 Å². The first-order valence-corrected chi connectivity index (χ1v) is 10.9. The molecule has 6 nitrogen and oxygen atoms in total. The summed E-state index contributed by atoms with van der Waals surface area (Å²) >= 11 is 0. The van der Waals surface area contributed by atoms with Crippen molar-refractivity contribution >= 4 is 5.97 Å². The Morgan fingerprint density at radius 2 is 1.84 bits per heavy atom. The van der Waals surface area contributed by atoms with Crippen molar-refractivity contribution in [2.75, 3.05) is 13.7 Å². The topological polar surface area (TPSA) is 77.2 Å². The van der Waals surface area contributed by atoms with E-state index in [1.807, 2.05) is 24.3 Å². The van der Waals surface area contributed by atoms with E-state index in [-0.39, 0.29) is 12.0 Å². The van der Waals surface area contributed by atoms with Gasteiger partial charge in [-0.15, -0.1) is 0 Å². The molecule has 0 spiro atoms. The molecule has 1 aliphatic heterocycles. The molecule has 0 radical (unpaired) electrons. The van der Waals surface area contributed by atoms with Crippen LogP contribution in [-0.2, 0) is 16.0 Å². The van der Waals surface area contributed by atoms with Gasteiger partial charge in [-0.3, -0.25) is 4.79 Å². The summed E-state index contributed by atoms with van der Waals surface area (Å²) in [6, 6.07) is 16.8. The molecule has 1 fully saturated rings. The zero-order valence-electron chi connectivity index (χ0n) is 18.3. The Labute approximate surface area is 183 Å². The third-order valence-corrected chi connectivity index (χ3v) is 5.75. The van der Waals surface area contributed by atoms with Crippen molar-refractivity contribution in [3.05, 3.63) is 59.7 Å². The largest absolute Gasteiger partial charge is 0.469 e. The third kappa shape index (κ3) is 5.20. The van der Waals surface area contributed by atoms with E-state index in [4.69, 9.17) is 9.26 Å². The molecule has 2 atom stereocenters. The minimum atomic E-state index is -0.148. The maximum atomic E-state index is 11.5. The van der Waals surface area contributed by atoms with Gasteiger partial charge in [0.05, 0.1) is 7.11 Å². The summed E-state index contributed by atoms with van der Waals surface area (Å²) in [7, 11) is 1.44. The molecule has 1 aromatic heterocycles. The standard InChI is InChI=1S/C25H29N3O3/c1-16(2)12-17-4-6-21(7-5-17)25-27-24(28-31-25)20-10-8-19(9-11-20)22-13-18(15-26-22)14-23(29)30-3/h4-11,16,18,22,26H,12-15H2,1-3H3/t18-,22-/m1/s1. The molecule has 1 saturated heterocycles. The average Bonchev–Trinajstić information content (AvgIpc) is 3.44. The first kappa shape index (κ1) is 21.2. The molecule has 2 heterocycles. The highest BCUT2D eigenvalue weighted by Gasteiger charge is 2.27. The normalized spacial score (nSPS) is 18.5. The molecule has 6 heteroatoms. The van der Waals surface area contributed by atoms with Gasteiger partial charge in [0.15, 0.2) is 0 Å². The highest BCUT2D eigenvalue weighted by Crippen LogP contribution is 2.30. The maximum Gasteiger partial charge on any atom is 0.305 e. The first-order valence-electron chi connectivity index (χ1n) is 10.9. The van der Waals surface area contributed by atoms with Gasteiger partial charge in [-0.2, -0.15) is 4.98 Å². The Kier molecular flexibility index (Phi) is 6.47. The number of aromatic nitrogens is 2. The predicted octanol–water partition coefficient (Wildman–Crippen LogP) is 4.82. The summed E-state index contributed by atoms with van der Waals surface area (Å²) < 4.78 is 10.3. The zero-order chi connectivity index (χ0) is 21.8. The Balaban J connectivity index is 1.41. The number of carbonyl (C=O) groups is 1. The molecule has 0 saturated carbocycles. The number of hydrogen-bond donors (Lipinski definition) is 1. The van der Waals surface area contributed by atoms with Crippen molar-refractivity contribution < 1.29 is 14.1 Å². The fourth-order valence-electron chi connectivity index (χ4n) is 4.11. The van der Waals surface area contributed by atoms with Crippen LogP contribution in [0, 0.1) is 11.8 Å². The van der Waals surface area contributed by atoms with Gasteiger partial charge in [0.25, 0.3) is 5.89 Å². The predicted molar refractivity (Wildman–Crippen MR) is 119 cm³/mol. The van der Waals surface area contributed by atoms with E-state index in [2.05, 4.69) is 53.6 Å². The summed E-state index contributed by atoms with van der Waals surface area (Å²) in [5.74, 6) is 1.89. The molecule has 0 bridgehead atoms. The van der Waals surface area contributed by atoms with E-state index in [0.29, 0.717) is 30.0 Å². The molecule has 0 unspecified atom stereocenters. The number of rotatable bonds is 7. The van der Waals surface area contributed by atoms with Gasteiger partial charge >= 0.3 is 5.97 Å². The monoisotopic (exact) mass is 419 g/mol. The average molecular weight is 420 g/mol. The molecular weight excluding hydrogens is 390 g/mol. The van der Waals surface area contributed by atoms with Crippen LogP contribution in [-0.4, -0.2) is 29.8 Å². The van der Waals surface area contributed by atoms with Crippen LogP contribution in [0.2, 0.25) is 0 Å². The van der Waals surface area contributed by atoms with Gasteiger partial charge in [-0.05, 0) is 54.5 Å². The molecule has 31 heavy (non-hydrogen) atoms. The van der Waals surface area contributed by atoms with Crippen LogP contribution in [0.4, 0.5) is 0 Å². The summed E-state index contributed by atoms with van der Waals surface area (Å²) in [4.78, 5) is 16.1. The Morgan fingerprint density at radius 3 is 2.52 bits per heavy atom. The van der Waals surface area contributed by atoms with Gasteiger partial charge < -0.3 is 14.6 Å². The number of carbonyl (C=O) groups excluding carboxylic acids is 1. The number of esters is 1. The van der Waals surface area contributed by atoms with Gasteiger partial charge in [0.2, 0.25) is 5.82 Å². The lowest BCUT2D eigenvalue weighted by Crippen LogP contribution is -2.15. The quantitative estimate of drug-likeness (QED) is 0.554. The maximum absolute atomic E-state index is 11.5. The number of methoxy groups -OCH3 is 1. The van der Waals surface area contributed by atoms with Crippen LogP contribution in [0.15, 0.2) is 53.1 Å². The Bertz CT molecular complexity index is 1010. The van der Waals surface area contributed by atoms with Gasteiger partial charge in [0.1, 0.15) is 0 Å². The smallest absolute Gasteiger partial charge is 0.305 e. The minimum absolute atomic E-state index is 0.148. The van der Waals surface area contributed by atoms with Crippen LogP contribution in [0.5, 0.6) is 0 Å². The van der Waals surface area contributed by atoms with Crippen molar-refractivity contribution in [3.63, 3.8) is 0 Å². The highest BCUT2D eigenvalue weighted by molar-refractivity contribution is 5.69. The fourth-order valence-corrected chi connectivity index (χ4v) is 4.11. The van der Waals surface area contributed by atoms with E-state index in [1.54, 1.807) is 0 Å². The number of benzene rings is 2. The van der Waals surface area contributed by atoms with E-state index in [1.165, 1.54) is 18.2 Å². The first-order chi connectivity index (χ1) is 15.0. The number of ether oxygens (including phenoxy) is 1. The van der Waals surface area contributed by atoms with Gasteiger partial charge in [0, 0.05) is 23.6 Å². The molecule has 162 valence electrons. The molecule has 2 aromatic carbocycles. The highest BCUT2D eigenvalue weighted by atomic mass is 16.5. The van der Waals surface area contributed by atoms with E-state index in [0.717, 1.165) is 30.5 Å². The number of nitrogens with zero attached hydrogens (tertiary/aromatic N) is 2. The van der Waals surface area contributed by atoms with Crippen molar-refractivity contribution in [3.8, 4) is 22.8 Å². The van der Waals surface area contributed by atoms with Crippen LogP contribution >= 0.6 is 0 Å². The van der Waals surface area contributed by atoms with Crippen LogP contribution in [0.25, 0.3) is 22.8 Å². The van der Waals surface area contributed by atoms with Crippen molar-refractivity contribution in [2.45, 2.75) is 39.2 Å². The molecule has 0 amide bonds. The molecule has 4 rings (SSSR count). The minimum Gasteiger partial charge on any atom is -0.469 e. The van der Waals surface area contributed by atoms with E-state index >= 15 is 0 Å². The lowest BCUT2D eigenvalue weighted by molar-refractivity contribution is -0.141. The Hall–Kier alpha value is -2.99. The summed E-state index contributed by atoms with van der Waals surface area (Å²) in [5.41, 5.74) is 4.35. The fraction of sp³-hybridized carbons (Fsp3) is 0.400. The lowest BCUT2D eigenvalue weighted by atomic mass is 9.97. The molecule has 3 aromatic rings. The second kappa shape index (κ2) is 9.43. The van der Waals surface area contributed by atoms with Crippen LogP contribution in [0.3, 0.4) is 0 Å². The summed E-state index contributed by atoms with van der Waals surface area (Å²) in [6.45, 7) is 5.26. The van der Waals surface area contributed by atoms with Gasteiger partial charge in [-0.25, -0.2) is 0 Å². The SMILES string of the molecule is COC(=O)C[C@@H]1CN[C@@H](c2ccc(-c3noc(-c4ccc(CC(C)C)cc4)n3)cc2)C1. The van der Waals surface area contributed by atoms with E-state index in [9.17, 15) is 4.79 Å². The second-order valence-corrected chi connectivity index (χ2v) is 8.68. The third-order valence-electron chi connectivity index (χ3n) is 5.75. The van der Waals surface area contributed by atoms with Crippen LogP contribution in [0.1, 0.15) is 43.9 Å². The van der Waals surface area contributed by atoms with Crippen molar-refractivity contribution in [1.82, 2.24) is 15.5 Å². The number of nitrogens with one attached hydrogen (secondary N) is 1. The second-order valence-electron chi connectivity index (χ2n) is 8.68. The number of hydrogen-bond acceptors (Lipinski definition) is 6. The Morgan fingerprint density at radius 1 is 1.13 bits per heavy atom. The molecule has 0 aliphatic carbocycles. The zero-order valence-corrected chi connectivity index (χ0v) is 18.3. The molecular formula is C25H29N3O3. The van der Waals surface area contributed by atoms with Crippen LogP contribution < -0.4 is 5.32 Å². The summed E-state index contributed by atoms with van der Waals surface area (Å²) in [5, 5.41) is 7.66. The summed E-state index contributed by atoms with van der Waals surface area (Å²) in [6.07, 6.45) is 2.44. The molecule has 1 N–H and O–H groups in total. The van der Waals surface area contributed by atoms with Gasteiger partial charge in [-0.1, -0.05) is 55.4 Å².